The Bertz CT molecular complexity index is 428. The van der Waals surface area contributed by atoms with Crippen molar-refractivity contribution in [2.45, 2.75) is 84.5 Å². The highest BCUT2D eigenvalue weighted by Gasteiger charge is 2.42. The van der Waals surface area contributed by atoms with Crippen molar-refractivity contribution in [3.05, 3.63) is 0 Å². The van der Waals surface area contributed by atoms with Gasteiger partial charge in [-0.1, -0.05) is 65.2 Å². The van der Waals surface area contributed by atoms with Crippen molar-refractivity contribution in [3.8, 4) is 0 Å². The van der Waals surface area contributed by atoms with Crippen LogP contribution in [0.2, 0.25) is 0 Å². The number of hydrazine groups is 1. The van der Waals surface area contributed by atoms with Crippen LogP contribution in [0, 0.1) is 11.8 Å². The van der Waals surface area contributed by atoms with E-state index in [0.29, 0.717) is 0 Å². The normalized spacial score (nSPS) is 18.9. The first-order valence-electron chi connectivity index (χ1n) is 9.65. The molecule has 1 heterocycles. The van der Waals surface area contributed by atoms with Crippen LogP contribution in [-0.2, 0) is 9.59 Å². The van der Waals surface area contributed by atoms with E-state index in [-0.39, 0.29) is 35.9 Å². The van der Waals surface area contributed by atoms with Crippen LogP contribution >= 0.6 is 0 Å². The summed E-state index contributed by atoms with van der Waals surface area (Å²) in [5.74, 6) is -0.864. The molecule has 0 radical (unpaired) electrons. The number of carbonyl (C=O) groups excluding carboxylic acids is 3. The molecule has 1 fully saturated rings. The maximum absolute atomic E-state index is 12.6. The lowest BCUT2D eigenvalue weighted by Crippen LogP contribution is -2.46. The van der Waals surface area contributed by atoms with Gasteiger partial charge in [-0.15, -0.1) is 0 Å². The number of carbonyl (C=O) groups is 3. The van der Waals surface area contributed by atoms with Gasteiger partial charge in [0.2, 0.25) is 13.8 Å². The van der Waals surface area contributed by atoms with Crippen LogP contribution in [0.15, 0.2) is 0 Å². The first-order valence-corrected chi connectivity index (χ1v) is 9.65. The minimum Gasteiger partial charge on any atom is -0.287 e. The van der Waals surface area contributed by atoms with E-state index in [1.807, 2.05) is 0 Å². The van der Waals surface area contributed by atoms with Crippen molar-refractivity contribution in [3.63, 3.8) is 0 Å². The Kier molecular flexibility index (Phi) is 9.73. The minimum atomic E-state index is -0.376. The van der Waals surface area contributed by atoms with Gasteiger partial charge in [0.25, 0.3) is 5.91 Å². The fourth-order valence-corrected chi connectivity index (χ4v) is 3.51. The van der Waals surface area contributed by atoms with Crippen LogP contribution in [0.4, 0.5) is 4.79 Å². The number of rotatable bonds is 12. The van der Waals surface area contributed by atoms with Crippen LogP contribution in [0.3, 0.4) is 0 Å². The predicted molar refractivity (Wildman–Crippen MR) is 98.0 cm³/mol. The third-order valence-electron chi connectivity index (χ3n) is 4.88. The van der Waals surface area contributed by atoms with Gasteiger partial charge in [0.05, 0.1) is 5.92 Å². The van der Waals surface area contributed by atoms with E-state index in [0.717, 1.165) is 43.5 Å². The van der Waals surface area contributed by atoms with E-state index in [1.165, 1.54) is 33.5 Å². The highest BCUT2D eigenvalue weighted by Crippen LogP contribution is 2.33. The molecular weight excluding hydrogens is 303 g/mol. The third kappa shape index (κ3) is 6.66. The first-order chi connectivity index (χ1) is 11.5. The number of unbranched alkanes of at least 4 members (excludes halogenated alkanes) is 6. The Morgan fingerprint density at radius 2 is 1.62 bits per heavy atom. The molecule has 2 atom stereocenters. The SMILES string of the molecule is BC(=O)NN1C(=O)CC(C(CCCCC)CCCCCCC)C1=O. The fourth-order valence-electron chi connectivity index (χ4n) is 3.51. The number of hydrogen-bond acceptors (Lipinski definition) is 3. The van der Waals surface area contributed by atoms with Crippen LogP contribution in [0.5, 0.6) is 0 Å². The van der Waals surface area contributed by atoms with Gasteiger partial charge in [0, 0.05) is 6.42 Å². The number of amides is 3. The minimum absolute atomic E-state index is 0.217. The third-order valence-corrected chi connectivity index (χ3v) is 4.88. The van der Waals surface area contributed by atoms with Gasteiger partial charge in [-0.05, 0) is 18.8 Å². The highest BCUT2D eigenvalue weighted by atomic mass is 16.2. The van der Waals surface area contributed by atoms with Gasteiger partial charge >= 0.3 is 0 Å². The Labute approximate surface area is 147 Å². The summed E-state index contributed by atoms with van der Waals surface area (Å²) in [4.78, 5) is 35.8. The van der Waals surface area contributed by atoms with Crippen LogP contribution in [-0.4, -0.2) is 30.5 Å². The second kappa shape index (κ2) is 11.3. The molecule has 0 aliphatic carbocycles. The quantitative estimate of drug-likeness (QED) is 0.338. The lowest BCUT2D eigenvalue weighted by molar-refractivity contribution is -0.142. The Morgan fingerprint density at radius 1 is 1.08 bits per heavy atom. The monoisotopic (exact) mass is 336 g/mol. The first kappa shape index (κ1) is 20.7. The highest BCUT2D eigenvalue weighted by molar-refractivity contribution is 6.57. The molecule has 1 N–H and O–H groups in total. The number of hydrogen-bond donors (Lipinski definition) is 1. The number of imide groups is 1. The summed E-state index contributed by atoms with van der Waals surface area (Å²) in [6.45, 7) is 4.37. The van der Waals surface area contributed by atoms with Crippen LogP contribution in [0.25, 0.3) is 0 Å². The summed E-state index contributed by atoms with van der Waals surface area (Å²) in [5.41, 5.74) is 2.37. The molecule has 1 aliphatic heterocycles. The molecule has 136 valence electrons. The summed E-state index contributed by atoms with van der Waals surface area (Å²) in [7, 11) is 1.32. The molecule has 0 aromatic heterocycles. The lowest BCUT2D eigenvalue weighted by atomic mass is 9.82. The Hall–Kier alpha value is -1.33. The standard InChI is InChI=1S/C18H33BN2O3/c1-3-5-7-8-10-12-14(11-9-6-4-2)15-13-16(22)21(17(15)23)20-18(19)24/h14-15H,3-13,19H2,1-2H3,(H,20,24). The Balaban J connectivity index is 2.62. The van der Waals surface area contributed by atoms with E-state index in [2.05, 4.69) is 19.3 Å². The topological polar surface area (TPSA) is 66.5 Å². The van der Waals surface area contributed by atoms with Crippen molar-refractivity contribution in [2.75, 3.05) is 0 Å². The molecule has 3 amide bonds. The number of nitrogens with zero attached hydrogens (tertiary/aromatic N) is 1. The maximum Gasteiger partial charge on any atom is 0.252 e. The summed E-state index contributed by atoms with van der Waals surface area (Å²) < 4.78 is 0. The van der Waals surface area contributed by atoms with E-state index in [1.54, 1.807) is 0 Å². The average Bonchev–Trinajstić information content (AvgIpc) is 2.81. The van der Waals surface area contributed by atoms with Crippen LogP contribution < -0.4 is 5.43 Å². The summed E-state index contributed by atoms with van der Waals surface area (Å²) in [5, 5.41) is 0.941. The van der Waals surface area contributed by atoms with E-state index in [9.17, 15) is 14.4 Å². The van der Waals surface area contributed by atoms with Crippen molar-refractivity contribution in [1.29, 1.82) is 0 Å². The molecule has 5 nitrogen and oxygen atoms in total. The second-order valence-electron chi connectivity index (χ2n) is 7.00. The summed E-state index contributed by atoms with van der Waals surface area (Å²) in [6, 6.07) is 0. The van der Waals surface area contributed by atoms with E-state index < -0.39 is 0 Å². The van der Waals surface area contributed by atoms with Crippen molar-refractivity contribution in [2.24, 2.45) is 11.8 Å². The van der Waals surface area contributed by atoms with Crippen molar-refractivity contribution < 1.29 is 14.4 Å². The van der Waals surface area contributed by atoms with Gasteiger partial charge in [0.1, 0.15) is 0 Å². The zero-order valence-electron chi connectivity index (χ0n) is 15.6. The molecule has 1 rings (SSSR count). The maximum atomic E-state index is 12.6. The van der Waals surface area contributed by atoms with Gasteiger partial charge in [-0.2, -0.15) is 5.01 Å². The van der Waals surface area contributed by atoms with Gasteiger partial charge in [-0.3, -0.25) is 19.8 Å². The van der Waals surface area contributed by atoms with Crippen molar-refractivity contribution in [1.82, 2.24) is 10.4 Å². The fraction of sp³-hybridized carbons (Fsp3) is 0.833. The molecule has 24 heavy (non-hydrogen) atoms. The predicted octanol–water partition coefficient (Wildman–Crippen LogP) is 3.18. The molecule has 1 aliphatic rings. The molecule has 0 aromatic rings. The molecule has 2 unspecified atom stereocenters. The summed E-state index contributed by atoms with van der Waals surface area (Å²) in [6.07, 6.45) is 11.7. The second-order valence-corrected chi connectivity index (χ2v) is 7.00. The summed E-state index contributed by atoms with van der Waals surface area (Å²) >= 11 is 0. The van der Waals surface area contributed by atoms with Gasteiger partial charge in [-0.25, -0.2) is 0 Å². The van der Waals surface area contributed by atoms with E-state index >= 15 is 0 Å². The molecule has 0 bridgehead atoms. The molecule has 6 heteroatoms. The average molecular weight is 336 g/mol. The zero-order valence-corrected chi connectivity index (χ0v) is 15.6. The van der Waals surface area contributed by atoms with Crippen molar-refractivity contribution >= 4 is 25.5 Å². The molecule has 1 saturated heterocycles. The molecule has 0 spiro atoms. The molecule has 0 saturated carbocycles. The zero-order chi connectivity index (χ0) is 17.9. The van der Waals surface area contributed by atoms with Gasteiger partial charge < -0.3 is 0 Å². The Morgan fingerprint density at radius 3 is 2.21 bits per heavy atom. The lowest BCUT2D eigenvalue weighted by Gasteiger charge is -2.22. The van der Waals surface area contributed by atoms with Crippen LogP contribution in [0.1, 0.15) is 84.5 Å². The van der Waals surface area contributed by atoms with E-state index in [4.69, 9.17) is 0 Å². The molecular formula is C18H33BN2O3. The molecule has 0 aromatic carbocycles. The smallest absolute Gasteiger partial charge is 0.252 e. The largest absolute Gasteiger partial charge is 0.287 e. The van der Waals surface area contributed by atoms with Gasteiger partial charge in [0.15, 0.2) is 5.81 Å². The number of nitrogens with one attached hydrogen (secondary N) is 1.